The standard InChI is InChI=1S/C24H18F3N3O2S/c1-32-20-4-2-3-19(13-20)29-23-30-21(14-33-23)15-7-11-18(12-8-15)28-22(31)16-5-9-17(10-6-16)24(25,26)27/h2-14H,1H3,(H,28,31)(H,29,30). The van der Waals surface area contributed by atoms with Crippen LogP contribution in [0.4, 0.5) is 29.7 Å². The van der Waals surface area contributed by atoms with Crippen LogP contribution in [0.1, 0.15) is 15.9 Å². The summed E-state index contributed by atoms with van der Waals surface area (Å²) < 4.78 is 43.2. The number of nitrogens with zero attached hydrogens (tertiary/aromatic N) is 1. The molecule has 4 aromatic rings. The van der Waals surface area contributed by atoms with Gasteiger partial charge in [-0.2, -0.15) is 13.2 Å². The highest BCUT2D eigenvalue weighted by molar-refractivity contribution is 7.14. The van der Waals surface area contributed by atoms with Gasteiger partial charge in [0.15, 0.2) is 5.13 Å². The van der Waals surface area contributed by atoms with Crippen LogP contribution in [0.2, 0.25) is 0 Å². The third-order valence-electron chi connectivity index (χ3n) is 4.74. The number of benzene rings is 3. The van der Waals surface area contributed by atoms with Gasteiger partial charge in [-0.05, 0) is 48.5 Å². The number of anilines is 3. The molecule has 0 unspecified atom stereocenters. The molecule has 2 N–H and O–H groups in total. The molecular formula is C24H18F3N3O2S. The minimum Gasteiger partial charge on any atom is -0.497 e. The molecular weight excluding hydrogens is 451 g/mol. The molecule has 4 rings (SSSR count). The van der Waals surface area contributed by atoms with Crippen LogP contribution in [0.25, 0.3) is 11.3 Å². The van der Waals surface area contributed by atoms with E-state index in [0.717, 1.165) is 52.1 Å². The van der Waals surface area contributed by atoms with E-state index in [2.05, 4.69) is 15.6 Å². The Hall–Kier alpha value is -3.85. The van der Waals surface area contributed by atoms with E-state index in [1.54, 1.807) is 19.2 Å². The Morgan fingerprint density at radius 3 is 2.36 bits per heavy atom. The molecule has 1 amide bonds. The third-order valence-corrected chi connectivity index (χ3v) is 5.50. The van der Waals surface area contributed by atoms with Crippen molar-refractivity contribution in [3.63, 3.8) is 0 Å². The Morgan fingerprint density at radius 2 is 1.70 bits per heavy atom. The van der Waals surface area contributed by atoms with Crippen molar-refractivity contribution < 1.29 is 22.7 Å². The molecule has 3 aromatic carbocycles. The molecule has 33 heavy (non-hydrogen) atoms. The Kier molecular flexibility index (Phi) is 6.32. The zero-order valence-corrected chi connectivity index (χ0v) is 18.1. The summed E-state index contributed by atoms with van der Waals surface area (Å²) in [7, 11) is 1.61. The van der Waals surface area contributed by atoms with Crippen LogP contribution in [0, 0.1) is 0 Å². The number of halogens is 3. The number of ether oxygens (including phenoxy) is 1. The van der Waals surface area contributed by atoms with Gasteiger partial charge in [0.05, 0.1) is 18.4 Å². The largest absolute Gasteiger partial charge is 0.497 e. The van der Waals surface area contributed by atoms with Gasteiger partial charge in [0.2, 0.25) is 0 Å². The monoisotopic (exact) mass is 469 g/mol. The van der Waals surface area contributed by atoms with Crippen molar-refractivity contribution in [1.82, 2.24) is 4.98 Å². The quantitative estimate of drug-likeness (QED) is 0.325. The fraction of sp³-hybridized carbons (Fsp3) is 0.0833. The summed E-state index contributed by atoms with van der Waals surface area (Å²) in [5, 5.41) is 8.55. The second kappa shape index (κ2) is 9.33. The van der Waals surface area contributed by atoms with Gasteiger partial charge in [0.25, 0.3) is 5.91 Å². The lowest BCUT2D eigenvalue weighted by molar-refractivity contribution is -0.137. The predicted molar refractivity (Wildman–Crippen MR) is 123 cm³/mol. The number of alkyl halides is 3. The first kappa shape index (κ1) is 22.3. The number of aromatic nitrogens is 1. The van der Waals surface area contributed by atoms with Crippen LogP contribution in [0.5, 0.6) is 5.75 Å². The molecule has 0 spiro atoms. The first-order valence-corrected chi connectivity index (χ1v) is 10.7. The summed E-state index contributed by atoms with van der Waals surface area (Å²) in [5.74, 6) is 0.251. The number of methoxy groups -OCH3 is 1. The van der Waals surface area contributed by atoms with Crippen LogP contribution in [0.3, 0.4) is 0 Å². The lowest BCUT2D eigenvalue weighted by Crippen LogP contribution is -2.12. The van der Waals surface area contributed by atoms with Gasteiger partial charge >= 0.3 is 6.18 Å². The summed E-state index contributed by atoms with van der Waals surface area (Å²) >= 11 is 1.45. The van der Waals surface area contributed by atoms with E-state index >= 15 is 0 Å². The summed E-state index contributed by atoms with van der Waals surface area (Å²) in [5.41, 5.74) is 2.35. The highest BCUT2D eigenvalue weighted by Crippen LogP contribution is 2.30. The number of nitrogens with one attached hydrogen (secondary N) is 2. The van der Waals surface area contributed by atoms with Gasteiger partial charge in [-0.1, -0.05) is 18.2 Å². The third kappa shape index (κ3) is 5.50. The smallest absolute Gasteiger partial charge is 0.416 e. The lowest BCUT2D eigenvalue weighted by atomic mass is 10.1. The van der Waals surface area contributed by atoms with Crippen LogP contribution < -0.4 is 15.4 Å². The van der Waals surface area contributed by atoms with Crippen molar-refractivity contribution in [2.45, 2.75) is 6.18 Å². The second-order valence-electron chi connectivity index (χ2n) is 7.00. The zero-order valence-electron chi connectivity index (χ0n) is 17.3. The molecule has 1 heterocycles. The Morgan fingerprint density at radius 1 is 0.970 bits per heavy atom. The lowest BCUT2D eigenvalue weighted by Gasteiger charge is -2.09. The van der Waals surface area contributed by atoms with Crippen molar-refractivity contribution >= 4 is 33.8 Å². The normalized spacial score (nSPS) is 11.2. The Labute approximate surface area is 191 Å². The first-order valence-electron chi connectivity index (χ1n) is 9.77. The van der Waals surface area contributed by atoms with Gasteiger partial charge in [0, 0.05) is 33.9 Å². The molecule has 0 aliphatic heterocycles. The number of amides is 1. The highest BCUT2D eigenvalue weighted by atomic mass is 32.1. The minimum atomic E-state index is -4.44. The summed E-state index contributed by atoms with van der Waals surface area (Å²) in [6, 6.07) is 18.7. The van der Waals surface area contributed by atoms with Crippen molar-refractivity contribution in [3.8, 4) is 17.0 Å². The number of carbonyl (C=O) groups excluding carboxylic acids is 1. The van der Waals surface area contributed by atoms with Crippen LogP contribution in [-0.4, -0.2) is 18.0 Å². The zero-order chi connectivity index (χ0) is 23.4. The summed E-state index contributed by atoms with van der Waals surface area (Å²) in [4.78, 5) is 16.9. The molecule has 0 fully saturated rings. The van der Waals surface area contributed by atoms with E-state index in [1.165, 1.54) is 11.3 Å². The molecule has 0 saturated heterocycles. The topological polar surface area (TPSA) is 63.2 Å². The van der Waals surface area contributed by atoms with Crippen LogP contribution >= 0.6 is 11.3 Å². The Balaban J connectivity index is 1.40. The van der Waals surface area contributed by atoms with Gasteiger partial charge in [-0.15, -0.1) is 11.3 Å². The van der Waals surface area contributed by atoms with Crippen LogP contribution in [0.15, 0.2) is 78.2 Å². The fourth-order valence-corrected chi connectivity index (χ4v) is 3.77. The second-order valence-corrected chi connectivity index (χ2v) is 7.86. The molecule has 0 aliphatic rings. The van der Waals surface area contributed by atoms with Crippen molar-refractivity contribution in [3.05, 3.63) is 89.3 Å². The van der Waals surface area contributed by atoms with Gasteiger partial charge < -0.3 is 15.4 Å². The van der Waals surface area contributed by atoms with Gasteiger partial charge in [0.1, 0.15) is 5.75 Å². The number of hydrogen-bond acceptors (Lipinski definition) is 5. The molecule has 168 valence electrons. The van der Waals surface area contributed by atoms with E-state index < -0.39 is 17.6 Å². The molecule has 0 atom stereocenters. The number of carbonyl (C=O) groups is 1. The van der Waals surface area contributed by atoms with E-state index in [-0.39, 0.29) is 5.56 Å². The number of hydrogen-bond donors (Lipinski definition) is 2. The summed E-state index contributed by atoms with van der Waals surface area (Å²) in [6.45, 7) is 0. The Bertz CT molecular complexity index is 1250. The van der Waals surface area contributed by atoms with E-state index in [4.69, 9.17) is 4.74 Å². The SMILES string of the molecule is COc1cccc(Nc2nc(-c3ccc(NC(=O)c4ccc(C(F)(F)F)cc4)cc3)cs2)c1. The van der Waals surface area contributed by atoms with E-state index in [0.29, 0.717) is 5.69 Å². The molecule has 9 heteroatoms. The molecule has 0 aliphatic carbocycles. The van der Waals surface area contributed by atoms with E-state index in [9.17, 15) is 18.0 Å². The number of thiazole rings is 1. The average Bonchev–Trinajstić information content (AvgIpc) is 3.27. The maximum atomic E-state index is 12.7. The minimum absolute atomic E-state index is 0.139. The molecule has 0 bridgehead atoms. The molecule has 0 saturated carbocycles. The van der Waals surface area contributed by atoms with Crippen molar-refractivity contribution in [2.75, 3.05) is 17.7 Å². The highest BCUT2D eigenvalue weighted by Gasteiger charge is 2.30. The van der Waals surface area contributed by atoms with Crippen LogP contribution in [-0.2, 0) is 6.18 Å². The maximum absolute atomic E-state index is 12.7. The average molecular weight is 469 g/mol. The number of rotatable bonds is 6. The van der Waals surface area contributed by atoms with E-state index in [1.807, 2.05) is 41.8 Å². The summed E-state index contributed by atoms with van der Waals surface area (Å²) in [6.07, 6.45) is -4.44. The first-order chi connectivity index (χ1) is 15.8. The maximum Gasteiger partial charge on any atom is 0.416 e. The van der Waals surface area contributed by atoms with Gasteiger partial charge in [-0.25, -0.2) is 4.98 Å². The fourth-order valence-electron chi connectivity index (χ4n) is 3.03. The van der Waals surface area contributed by atoms with Gasteiger partial charge in [-0.3, -0.25) is 4.79 Å². The molecule has 1 aromatic heterocycles. The van der Waals surface area contributed by atoms with Crippen molar-refractivity contribution in [1.29, 1.82) is 0 Å². The predicted octanol–water partition coefficient (Wildman–Crippen LogP) is 6.83. The van der Waals surface area contributed by atoms with Crippen molar-refractivity contribution in [2.24, 2.45) is 0 Å². The molecule has 5 nitrogen and oxygen atoms in total. The molecule has 0 radical (unpaired) electrons.